The number of rotatable bonds is 6. The average Bonchev–Trinajstić information content (AvgIpc) is 2.92. The second-order valence-corrected chi connectivity index (χ2v) is 5.11. The van der Waals surface area contributed by atoms with Crippen LogP contribution in [0.4, 0.5) is 5.69 Å². The maximum absolute atomic E-state index is 12.2. The third kappa shape index (κ3) is 3.77. The highest BCUT2D eigenvalue weighted by Gasteiger charge is 2.11. The number of hydrogen-bond acceptors (Lipinski definition) is 5. The van der Waals surface area contributed by atoms with Gasteiger partial charge in [0.2, 0.25) is 0 Å². The van der Waals surface area contributed by atoms with Crippen LogP contribution in [0.2, 0.25) is 0 Å². The van der Waals surface area contributed by atoms with Crippen LogP contribution in [0.25, 0.3) is 0 Å². The molecule has 0 saturated carbocycles. The number of carbonyl (C=O) groups is 1. The minimum absolute atomic E-state index is 0.108. The first kappa shape index (κ1) is 14.5. The molecule has 6 heteroatoms. The van der Waals surface area contributed by atoms with E-state index in [4.69, 9.17) is 0 Å². The normalized spacial score (nSPS) is 10.3. The molecule has 0 aromatic carbocycles. The number of anilines is 1. The van der Waals surface area contributed by atoms with E-state index in [0.717, 1.165) is 30.0 Å². The largest absolute Gasteiger partial charge is 0.385 e. The number of aryl methyl sites for hydroxylation is 1. The fourth-order valence-corrected chi connectivity index (χ4v) is 2.43. The summed E-state index contributed by atoms with van der Waals surface area (Å²) in [6, 6.07) is 1.89. The fraction of sp³-hybridized carbons (Fsp3) is 0.357. The van der Waals surface area contributed by atoms with Gasteiger partial charge in [0.05, 0.1) is 22.5 Å². The van der Waals surface area contributed by atoms with Crippen LogP contribution in [0.3, 0.4) is 0 Å². The zero-order valence-electron chi connectivity index (χ0n) is 11.6. The van der Waals surface area contributed by atoms with Crippen molar-refractivity contribution in [2.24, 2.45) is 0 Å². The molecule has 2 rings (SSSR count). The summed E-state index contributed by atoms with van der Waals surface area (Å²) in [5.41, 5.74) is 5.09. The zero-order valence-corrected chi connectivity index (χ0v) is 12.5. The second-order valence-electron chi connectivity index (χ2n) is 4.39. The van der Waals surface area contributed by atoms with Crippen molar-refractivity contribution in [2.75, 3.05) is 18.4 Å². The molecule has 106 valence electrons. The number of aromatic nitrogens is 2. The van der Waals surface area contributed by atoms with Gasteiger partial charge in [0.25, 0.3) is 5.91 Å². The number of thiazole rings is 1. The van der Waals surface area contributed by atoms with Crippen molar-refractivity contribution >= 4 is 22.9 Å². The first-order chi connectivity index (χ1) is 9.70. The Kier molecular flexibility index (Phi) is 5.06. The summed E-state index contributed by atoms with van der Waals surface area (Å²) in [5, 5.41) is 8.08. The molecule has 0 aliphatic carbocycles. The summed E-state index contributed by atoms with van der Waals surface area (Å²) >= 11 is 1.56. The number of pyridine rings is 1. The lowest BCUT2D eigenvalue weighted by molar-refractivity contribution is 0.0954. The van der Waals surface area contributed by atoms with Gasteiger partial charge in [-0.15, -0.1) is 11.3 Å². The van der Waals surface area contributed by atoms with Crippen LogP contribution in [-0.4, -0.2) is 29.0 Å². The molecule has 2 heterocycles. The van der Waals surface area contributed by atoms with Gasteiger partial charge in [0.1, 0.15) is 0 Å². The van der Waals surface area contributed by atoms with Crippen LogP contribution in [0.5, 0.6) is 0 Å². The molecule has 0 aliphatic rings. The lowest BCUT2D eigenvalue weighted by Gasteiger charge is -2.11. The summed E-state index contributed by atoms with van der Waals surface area (Å²) in [4.78, 5) is 20.5. The Hall–Kier alpha value is -1.95. The maximum Gasteiger partial charge on any atom is 0.254 e. The van der Waals surface area contributed by atoms with Crippen molar-refractivity contribution in [1.82, 2.24) is 15.3 Å². The maximum atomic E-state index is 12.2. The van der Waals surface area contributed by atoms with Crippen molar-refractivity contribution in [3.63, 3.8) is 0 Å². The van der Waals surface area contributed by atoms with Crippen molar-refractivity contribution in [1.29, 1.82) is 0 Å². The summed E-state index contributed by atoms with van der Waals surface area (Å²) in [5.74, 6) is -0.108. The van der Waals surface area contributed by atoms with E-state index < -0.39 is 0 Å². The summed E-state index contributed by atoms with van der Waals surface area (Å²) in [7, 11) is 0. The molecule has 2 aromatic rings. The summed E-state index contributed by atoms with van der Waals surface area (Å²) in [6.07, 6.45) is 2.36. The Morgan fingerprint density at radius 2 is 2.25 bits per heavy atom. The van der Waals surface area contributed by atoms with E-state index in [-0.39, 0.29) is 5.91 Å². The first-order valence-corrected chi connectivity index (χ1v) is 7.50. The van der Waals surface area contributed by atoms with Gasteiger partial charge in [-0.3, -0.25) is 9.78 Å². The van der Waals surface area contributed by atoms with Gasteiger partial charge < -0.3 is 10.6 Å². The lowest BCUT2D eigenvalue weighted by Crippen LogP contribution is -2.27. The second kappa shape index (κ2) is 7.00. The van der Waals surface area contributed by atoms with Crippen LogP contribution in [0.1, 0.15) is 28.7 Å². The molecule has 0 bridgehead atoms. The van der Waals surface area contributed by atoms with E-state index in [1.165, 1.54) is 0 Å². The van der Waals surface area contributed by atoms with E-state index >= 15 is 0 Å². The Balaban J connectivity index is 1.97. The van der Waals surface area contributed by atoms with Crippen molar-refractivity contribution < 1.29 is 4.79 Å². The molecule has 0 spiro atoms. The molecule has 0 unspecified atom stereocenters. The zero-order chi connectivity index (χ0) is 14.4. The number of hydrogen-bond donors (Lipinski definition) is 2. The Morgan fingerprint density at radius 1 is 1.40 bits per heavy atom. The van der Waals surface area contributed by atoms with E-state index in [9.17, 15) is 4.79 Å². The van der Waals surface area contributed by atoms with Crippen molar-refractivity contribution in [2.45, 2.75) is 20.3 Å². The van der Waals surface area contributed by atoms with Crippen molar-refractivity contribution in [3.05, 3.63) is 40.1 Å². The molecule has 2 aromatic heterocycles. The van der Waals surface area contributed by atoms with Gasteiger partial charge in [0.15, 0.2) is 0 Å². The molecule has 1 amide bonds. The lowest BCUT2D eigenvalue weighted by atomic mass is 10.2. The van der Waals surface area contributed by atoms with Gasteiger partial charge in [-0.05, 0) is 19.9 Å². The van der Waals surface area contributed by atoms with Crippen LogP contribution in [-0.2, 0) is 6.42 Å². The minimum atomic E-state index is -0.108. The predicted molar refractivity (Wildman–Crippen MR) is 81.3 cm³/mol. The van der Waals surface area contributed by atoms with E-state index in [1.54, 1.807) is 23.0 Å². The molecule has 2 N–H and O–H groups in total. The van der Waals surface area contributed by atoms with E-state index in [2.05, 4.69) is 20.6 Å². The molecular weight excluding hydrogens is 272 g/mol. The quantitative estimate of drug-likeness (QED) is 0.856. The van der Waals surface area contributed by atoms with E-state index in [0.29, 0.717) is 12.1 Å². The monoisotopic (exact) mass is 290 g/mol. The number of nitrogens with zero attached hydrogens (tertiary/aromatic N) is 2. The Labute approximate surface area is 122 Å². The van der Waals surface area contributed by atoms with Crippen LogP contribution < -0.4 is 10.6 Å². The third-order valence-corrected chi connectivity index (χ3v) is 3.44. The van der Waals surface area contributed by atoms with Crippen LogP contribution in [0.15, 0.2) is 23.2 Å². The van der Waals surface area contributed by atoms with Gasteiger partial charge in [-0.25, -0.2) is 4.98 Å². The van der Waals surface area contributed by atoms with Gasteiger partial charge in [-0.2, -0.15) is 0 Å². The first-order valence-electron chi connectivity index (χ1n) is 6.56. The van der Waals surface area contributed by atoms with Gasteiger partial charge in [0, 0.05) is 36.8 Å². The highest BCUT2D eigenvalue weighted by molar-refractivity contribution is 7.07. The Morgan fingerprint density at radius 3 is 2.95 bits per heavy atom. The number of nitrogens with one attached hydrogen (secondary N) is 2. The highest BCUT2D eigenvalue weighted by Crippen LogP contribution is 2.15. The number of carbonyl (C=O) groups excluding carboxylic acids is 1. The van der Waals surface area contributed by atoms with Gasteiger partial charge in [-0.1, -0.05) is 0 Å². The van der Waals surface area contributed by atoms with Crippen molar-refractivity contribution in [3.8, 4) is 0 Å². The minimum Gasteiger partial charge on any atom is -0.385 e. The summed E-state index contributed by atoms with van der Waals surface area (Å²) in [6.45, 7) is 5.25. The molecule has 20 heavy (non-hydrogen) atoms. The predicted octanol–water partition coefficient (Wildman–Crippen LogP) is 2.25. The Bertz CT molecular complexity index is 569. The van der Waals surface area contributed by atoms with Gasteiger partial charge >= 0.3 is 0 Å². The third-order valence-electron chi connectivity index (χ3n) is 2.80. The molecule has 0 atom stereocenters. The molecule has 0 saturated heterocycles. The van der Waals surface area contributed by atoms with E-state index in [1.807, 2.05) is 25.3 Å². The molecular formula is C14H18N4OS. The molecule has 0 radical (unpaired) electrons. The SMILES string of the molecule is CCNc1cc(C)ncc1C(=O)NCCc1cscn1. The topological polar surface area (TPSA) is 66.9 Å². The molecule has 0 aliphatic heterocycles. The molecule has 0 fully saturated rings. The van der Waals surface area contributed by atoms with Crippen LogP contribution in [0, 0.1) is 6.92 Å². The average molecular weight is 290 g/mol. The number of amides is 1. The molecule has 5 nitrogen and oxygen atoms in total. The van der Waals surface area contributed by atoms with Crippen LogP contribution >= 0.6 is 11.3 Å². The highest BCUT2D eigenvalue weighted by atomic mass is 32.1. The fourth-order valence-electron chi connectivity index (χ4n) is 1.84. The standard InChI is InChI=1S/C14H18N4OS/c1-3-15-13-6-10(2)17-7-12(13)14(19)16-5-4-11-8-20-9-18-11/h6-9H,3-5H2,1-2H3,(H,15,17)(H,16,19). The smallest absolute Gasteiger partial charge is 0.254 e. The summed E-state index contributed by atoms with van der Waals surface area (Å²) < 4.78 is 0.